The summed E-state index contributed by atoms with van der Waals surface area (Å²) in [5.74, 6) is 0.00849. The number of hydrogen-bond acceptors (Lipinski definition) is 3. The zero-order chi connectivity index (χ0) is 13.9. The summed E-state index contributed by atoms with van der Waals surface area (Å²) in [6.07, 6.45) is 8.90. The molecule has 0 aromatic carbocycles. The molecule has 4 nitrogen and oxygen atoms in total. The minimum atomic E-state index is 0.00849. The molecule has 104 valence electrons. The van der Waals surface area contributed by atoms with Gasteiger partial charge in [-0.2, -0.15) is 5.10 Å². The molecule has 3 rings (SSSR count). The van der Waals surface area contributed by atoms with Crippen molar-refractivity contribution in [3.8, 4) is 0 Å². The molecule has 0 spiro atoms. The van der Waals surface area contributed by atoms with Gasteiger partial charge in [0.15, 0.2) is 5.78 Å². The van der Waals surface area contributed by atoms with Crippen LogP contribution in [0.15, 0.2) is 35.1 Å². The average molecular weight is 334 g/mol. The fourth-order valence-electron chi connectivity index (χ4n) is 2.64. The number of carbonyl (C=O) groups excluding carboxylic acids is 1. The van der Waals surface area contributed by atoms with E-state index in [2.05, 4.69) is 26.0 Å². The van der Waals surface area contributed by atoms with Crippen molar-refractivity contribution in [3.63, 3.8) is 0 Å². The number of Topliss-reactive ketones (excluding diaryl/α,β-unsaturated/α-hetero) is 1. The number of pyridine rings is 1. The molecular formula is C15H16BrN3O. The third-order valence-electron chi connectivity index (χ3n) is 3.72. The summed E-state index contributed by atoms with van der Waals surface area (Å²) >= 11 is 3.31. The van der Waals surface area contributed by atoms with E-state index < -0.39 is 0 Å². The molecule has 2 aromatic rings. The summed E-state index contributed by atoms with van der Waals surface area (Å²) in [4.78, 5) is 16.3. The molecule has 0 atom stereocenters. The molecule has 0 N–H and O–H groups in total. The Kier molecular flexibility index (Phi) is 3.96. The molecular weight excluding hydrogens is 318 g/mol. The Morgan fingerprint density at radius 1 is 1.30 bits per heavy atom. The molecule has 0 aliphatic heterocycles. The van der Waals surface area contributed by atoms with Crippen molar-refractivity contribution in [3.05, 3.63) is 46.5 Å². The van der Waals surface area contributed by atoms with Crippen LogP contribution in [0.3, 0.4) is 0 Å². The van der Waals surface area contributed by atoms with Crippen LogP contribution in [0.25, 0.3) is 0 Å². The third-order valence-corrected chi connectivity index (χ3v) is 4.19. The zero-order valence-electron chi connectivity index (χ0n) is 11.1. The van der Waals surface area contributed by atoms with Crippen LogP contribution in [0, 0.1) is 0 Å². The predicted molar refractivity (Wildman–Crippen MR) is 79.7 cm³/mol. The van der Waals surface area contributed by atoms with E-state index in [1.807, 2.05) is 23.0 Å². The van der Waals surface area contributed by atoms with Gasteiger partial charge in [0, 0.05) is 16.9 Å². The van der Waals surface area contributed by atoms with Gasteiger partial charge in [-0.3, -0.25) is 14.5 Å². The van der Waals surface area contributed by atoms with Crippen LogP contribution in [-0.4, -0.2) is 20.5 Å². The largest absolute Gasteiger partial charge is 0.292 e. The SMILES string of the molecule is O=C(Cc1ccn(C2CCCC2)n1)c1ccc(Br)cn1. The number of ketones is 1. The summed E-state index contributed by atoms with van der Waals surface area (Å²) in [5, 5.41) is 4.53. The van der Waals surface area contributed by atoms with Crippen molar-refractivity contribution in [1.29, 1.82) is 0 Å². The lowest BCUT2D eigenvalue weighted by Crippen LogP contribution is -2.09. The van der Waals surface area contributed by atoms with Crippen LogP contribution in [0.4, 0.5) is 0 Å². The Bertz CT molecular complexity index is 600. The van der Waals surface area contributed by atoms with Gasteiger partial charge < -0.3 is 0 Å². The topological polar surface area (TPSA) is 47.8 Å². The molecule has 1 aliphatic carbocycles. The lowest BCUT2D eigenvalue weighted by atomic mass is 10.1. The van der Waals surface area contributed by atoms with Gasteiger partial charge in [0.05, 0.1) is 18.2 Å². The molecule has 0 amide bonds. The van der Waals surface area contributed by atoms with Crippen molar-refractivity contribution in [2.75, 3.05) is 0 Å². The fraction of sp³-hybridized carbons (Fsp3) is 0.400. The van der Waals surface area contributed by atoms with E-state index in [9.17, 15) is 4.79 Å². The molecule has 1 fully saturated rings. The van der Waals surface area contributed by atoms with E-state index >= 15 is 0 Å². The van der Waals surface area contributed by atoms with Gasteiger partial charge in [0.1, 0.15) is 5.69 Å². The Morgan fingerprint density at radius 3 is 2.80 bits per heavy atom. The lowest BCUT2D eigenvalue weighted by Gasteiger charge is -2.08. The number of nitrogens with zero attached hydrogens (tertiary/aromatic N) is 3. The van der Waals surface area contributed by atoms with E-state index in [-0.39, 0.29) is 5.78 Å². The Balaban J connectivity index is 1.68. The predicted octanol–water partition coefficient (Wildman–Crippen LogP) is 3.58. The second-order valence-corrected chi connectivity index (χ2v) is 6.10. The molecule has 1 aliphatic rings. The molecule has 2 aromatic heterocycles. The van der Waals surface area contributed by atoms with Gasteiger partial charge in [0.25, 0.3) is 0 Å². The van der Waals surface area contributed by atoms with Crippen molar-refractivity contribution >= 4 is 21.7 Å². The number of aromatic nitrogens is 3. The van der Waals surface area contributed by atoms with Gasteiger partial charge in [-0.25, -0.2) is 0 Å². The minimum absolute atomic E-state index is 0.00849. The van der Waals surface area contributed by atoms with Crippen molar-refractivity contribution in [1.82, 2.24) is 14.8 Å². The van der Waals surface area contributed by atoms with Crippen LogP contribution >= 0.6 is 15.9 Å². The molecule has 0 radical (unpaired) electrons. The highest BCUT2D eigenvalue weighted by Crippen LogP contribution is 2.28. The van der Waals surface area contributed by atoms with Crippen LogP contribution < -0.4 is 0 Å². The van der Waals surface area contributed by atoms with E-state index in [4.69, 9.17) is 0 Å². The fourth-order valence-corrected chi connectivity index (χ4v) is 2.87. The van der Waals surface area contributed by atoms with E-state index in [1.165, 1.54) is 25.7 Å². The van der Waals surface area contributed by atoms with E-state index in [0.29, 0.717) is 18.2 Å². The first-order valence-electron chi connectivity index (χ1n) is 6.91. The zero-order valence-corrected chi connectivity index (χ0v) is 12.7. The van der Waals surface area contributed by atoms with E-state index in [0.717, 1.165) is 10.2 Å². The molecule has 0 saturated heterocycles. The first-order valence-corrected chi connectivity index (χ1v) is 7.70. The van der Waals surface area contributed by atoms with Gasteiger partial charge in [-0.15, -0.1) is 0 Å². The lowest BCUT2D eigenvalue weighted by molar-refractivity contribution is 0.0987. The van der Waals surface area contributed by atoms with Gasteiger partial charge in [0.2, 0.25) is 0 Å². The smallest absolute Gasteiger partial charge is 0.187 e. The van der Waals surface area contributed by atoms with Crippen molar-refractivity contribution in [2.24, 2.45) is 0 Å². The summed E-state index contributed by atoms with van der Waals surface area (Å²) in [6.45, 7) is 0. The number of carbonyl (C=O) groups is 1. The van der Waals surface area contributed by atoms with Gasteiger partial charge >= 0.3 is 0 Å². The second-order valence-electron chi connectivity index (χ2n) is 5.19. The van der Waals surface area contributed by atoms with Crippen LogP contribution in [0.5, 0.6) is 0 Å². The highest BCUT2D eigenvalue weighted by atomic mass is 79.9. The first-order chi connectivity index (χ1) is 9.72. The van der Waals surface area contributed by atoms with Crippen LogP contribution in [0.1, 0.15) is 47.9 Å². The molecule has 1 saturated carbocycles. The van der Waals surface area contributed by atoms with Gasteiger partial charge in [-0.1, -0.05) is 12.8 Å². The molecule has 20 heavy (non-hydrogen) atoms. The number of halogens is 1. The maximum atomic E-state index is 12.1. The number of hydrogen-bond donors (Lipinski definition) is 0. The molecule has 0 unspecified atom stereocenters. The summed E-state index contributed by atoms with van der Waals surface area (Å²) in [6, 6.07) is 6.02. The molecule has 5 heteroatoms. The summed E-state index contributed by atoms with van der Waals surface area (Å²) in [7, 11) is 0. The number of rotatable bonds is 4. The average Bonchev–Trinajstić information content (AvgIpc) is 3.09. The van der Waals surface area contributed by atoms with Crippen LogP contribution in [-0.2, 0) is 6.42 Å². The maximum Gasteiger partial charge on any atom is 0.187 e. The minimum Gasteiger partial charge on any atom is -0.292 e. The molecule has 2 heterocycles. The Morgan fingerprint density at radius 2 is 2.10 bits per heavy atom. The second kappa shape index (κ2) is 5.87. The highest BCUT2D eigenvalue weighted by molar-refractivity contribution is 9.10. The summed E-state index contributed by atoms with van der Waals surface area (Å²) < 4.78 is 2.89. The van der Waals surface area contributed by atoms with Crippen molar-refractivity contribution in [2.45, 2.75) is 38.1 Å². The Labute approximate surface area is 126 Å². The van der Waals surface area contributed by atoms with Crippen LogP contribution in [0.2, 0.25) is 0 Å². The van der Waals surface area contributed by atoms with E-state index in [1.54, 1.807) is 12.3 Å². The Hall–Kier alpha value is -1.49. The standard InChI is InChI=1S/C15H16BrN3O/c16-11-5-6-14(17-10-11)15(20)9-12-7-8-19(18-12)13-3-1-2-4-13/h5-8,10,13H,1-4,9H2. The van der Waals surface area contributed by atoms with Crippen molar-refractivity contribution < 1.29 is 4.79 Å². The molecule has 0 bridgehead atoms. The summed E-state index contributed by atoms with van der Waals surface area (Å²) in [5.41, 5.74) is 1.32. The third kappa shape index (κ3) is 2.98. The maximum absolute atomic E-state index is 12.1. The quantitative estimate of drug-likeness (QED) is 0.803. The monoisotopic (exact) mass is 333 g/mol. The van der Waals surface area contributed by atoms with Gasteiger partial charge in [-0.05, 0) is 47.0 Å². The highest BCUT2D eigenvalue weighted by Gasteiger charge is 2.18. The first kappa shape index (κ1) is 13.5. The normalized spacial score (nSPS) is 15.7.